The molecule has 1 saturated carbocycles. The number of aromatic nitrogens is 2. The number of carbonyl (C=O) groups is 1. The van der Waals surface area contributed by atoms with Gasteiger partial charge < -0.3 is 5.32 Å². The van der Waals surface area contributed by atoms with E-state index in [0.717, 1.165) is 25.3 Å². The smallest absolute Gasteiger partial charge is 0.355 e. The van der Waals surface area contributed by atoms with E-state index in [2.05, 4.69) is 15.3 Å². The van der Waals surface area contributed by atoms with Crippen LogP contribution >= 0.6 is 0 Å². The maximum Gasteiger partial charge on any atom is 0.433 e. The van der Waals surface area contributed by atoms with E-state index >= 15 is 0 Å². The molecule has 1 amide bonds. The molecule has 20 heavy (non-hydrogen) atoms. The summed E-state index contributed by atoms with van der Waals surface area (Å²) in [6.45, 7) is 1.75. The van der Waals surface area contributed by atoms with Crippen LogP contribution in [0.2, 0.25) is 0 Å². The highest BCUT2D eigenvalue weighted by Gasteiger charge is 2.33. The summed E-state index contributed by atoms with van der Waals surface area (Å²) >= 11 is 0. The number of aryl methyl sites for hydroxylation is 1. The van der Waals surface area contributed by atoms with Crippen LogP contribution in [0, 0.1) is 12.8 Å². The average molecular weight is 287 g/mol. The van der Waals surface area contributed by atoms with Crippen molar-refractivity contribution in [1.82, 2.24) is 15.3 Å². The highest BCUT2D eigenvalue weighted by Crippen LogP contribution is 2.28. The fourth-order valence-electron chi connectivity index (χ4n) is 2.00. The molecule has 1 N–H and O–H groups in total. The van der Waals surface area contributed by atoms with Gasteiger partial charge in [-0.2, -0.15) is 13.2 Å². The molecular weight excluding hydrogens is 271 g/mol. The van der Waals surface area contributed by atoms with Gasteiger partial charge in [-0.05, 0) is 25.8 Å². The monoisotopic (exact) mass is 287 g/mol. The van der Waals surface area contributed by atoms with E-state index in [-0.39, 0.29) is 36.3 Å². The zero-order chi connectivity index (χ0) is 14.8. The van der Waals surface area contributed by atoms with Crippen molar-refractivity contribution in [3.05, 3.63) is 23.3 Å². The van der Waals surface area contributed by atoms with Crippen molar-refractivity contribution in [2.24, 2.45) is 5.92 Å². The Kier molecular flexibility index (Phi) is 4.25. The Labute approximate surface area is 114 Å². The van der Waals surface area contributed by atoms with E-state index in [1.54, 1.807) is 0 Å². The van der Waals surface area contributed by atoms with Crippen LogP contribution in [-0.2, 0) is 17.4 Å². The molecule has 1 aliphatic carbocycles. The largest absolute Gasteiger partial charge is 0.433 e. The van der Waals surface area contributed by atoms with Crippen LogP contribution in [0.1, 0.15) is 36.5 Å². The number of rotatable bonds is 4. The molecule has 110 valence electrons. The molecule has 1 aliphatic rings. The van der Waals surface area contributed by atoms with Crippen LogP contribution in [-0.4, -0.2) is 22.4 Å². The molecule has 1 aromatic heterocycles. The number of alkyl halides is 3. The molecule has 0 spiro atoms. The SMILES string of the molecule is Cc1cc(C(F)(F)F)nc(CCNC(=O)C2CCC2)n1. The van der Waals surface area contributed by atoms with Gasteiger partial charge in [0.25, 0.3) is 0 Å². The van der Waals surface area contributed by atoms with Crippen molar-refractivity contribution in [1.29, 1.82) is 0 Å². The minimum Gasteiger partial charge on any atom is -0.355 e. The number of amides is 1. The summed E-state index contributed by atoms with van der Waals surface area (Å²) in [4.78, 5) is 19.0. The molecule has 0 saturated heterocycles. The second-order valence-electron chi connectivity index (χ2n) is 4.98. The van der Waals surface area contributed by atoms with Crippen molar-refractivity contribution >= 4 is 5.91 Å². The third-order valence-corrected chi connectivity index (χ3v) is 3.31. The van der Waals surface area contributed by atoms with Crippen LogP contribution in [0.5, 0.6) is 0 Å². The third kappa shape index (κ3) is 3.68. The maximum absolute atomic E-state index is 12.6. The molecule has 0 bridgehead atoms. The highest BCUT2D eigenvalue weighted by atomic mass is 19.4. The van der Waals surface area contributed by atoms with E-state index in [4.69, 9.17) is 0 Å². The van der Waals surface area contributed by atoms with Crippen molar-refractivity contribution in [3.63, 3.8) is 0 Å². The van der Waals surface area contributed by atoms with Crippen LogP contribution in [0.15, 0.2) is 6.07 Å². The summed E-state index contributed by atoms with van der Waals surface area (Å²) in [7, 11) is 0. The Bertz CT molecular complexity index is 498. The highest BCUT2D eigenvalue weighted by molar-refractivity contribution is 5.79. The van der Waals surface area contributed by atoms with Gasteiger partial charge >= 0.3 is 6.18 Å². The first-order chi connectivity index (χ1) is 9.36. The summed E-state index contributed by atoms with van der Waals surface area (Å²) in [5.74, 6) is 0.144. The first kappa shape index (κ1) is 14.7. The standard InChI is InChI=1S/C13H16F3N3O/c1-8-7-10(13(14,15)16)19-11(18-8)5-6-17-12(20)9-3-2-4-9/h7,9H,2-6H2,1H3,(H,17,20). The van der Waals surface area contributed by atoms with Gasteiger partial charge in [0.1, 0.15) is 11.5 Å². The van der Waals surface area contributed by atoms with Gasteiger partial charge in [-0.15, -0.1) is 0 Å². The van der Waals surface area contributed by atoms with Crippen LogP contribution in [0.4, 0.5) is 13.2 Å². The third-order valence-electron chi connectivity index (χ3n) is 3.31. The predicted octanol–water partition coefficient (Wildman–Crippen LogP) is 2.26. The van der Waals surface area contributed by atoms with Gasteiger partial charge in [0.15, 0.2) is 0 Å². The molecule has 1 fully saturated rings. The first-order valence-electron chi connectivity index (χ1n) is 6.56. The number of nitrogens with one attached hydrogen (secondary N) is 1. The fraction of sp³-hybridized carbons (Fsp3) is 0.615. The number of halogens is 3. The summed E-state index contributed by atoms with van der Waals surface area (Å²) in [6.07, 6.45) is -1.43. The van der Waals surface area contributed by atoms with E-state index in [9.17, 15) is 18.0 Å². The fourth-order valence-corrected chi connectivity index (χ4v) is 2.00. The molecule has 1 heterocycles. The van der Waals surface area contributed by atoms with Gasteiger partial charge in [0.05, 0.1) is 0 Å². The van der Waals surface area contributed by atoms with E-state index in [1.165, 1.54) is 6.92 Å². The lowest BCUT2D eigenvalue weighted by Gasteiger charge is -2.23. The zero-order valence-electron chi connectivity index (χ0n) is 11.1. The number of hydrogen-bond acceptors (Lipinski definition) is 3. The van der Waals surface area contributed by atoms with Crippen LogP contribution in [0.25, 0.3) is 0 Å². The molecule has 1 aromatic rings. The lowest BCUT2D eigenvalue weighted by molar-refractivity contribution is -0.141. The molecule has 0 radical (unpaired) electrons. The van der Waals surface area contributed by atoms with Gasteiger partial charge in [0, 0.05) is 24.6 Å². The second-order valence-corrected chi connectivity index (χ2v) is 4.98. The first-order valence-corrected chi connectivity index (χ1v) is 6.56. The Hall–Kier alpha value is -1.66. The summed E-state index contributed by atoms with van der Waals surface area (Å²) < 4.78 is 37.8. The molecule has 7 heteroatoms. The molecule has 4 nitrogen and oxygen atoms in total. The van der Waals surface area contributed by atoms with Crippen molar-refractivity contribution in [2.45, 2.75) is 38.8 Å². The predicted molar refractivity (Wildman–Crippen MR) is 65.8 cm³/mol. The Morgan fingerprint density at radius 3 is 2.65 bits per heavy atom. The molecule has 0 aliphatic heterocycles. The average Bonchev–Trinajstić information content (AvgIpc) is 2.24. The Morgan fingerprint density at radius 1 is 1.40 bits per heavy atom. The van der Waals surface area contributed by atoms with E-state index in [1.807, 2.05) is 0 Å². The lowest BCUT2D eigenvalue weighted by Crippen LogP contribution is -2.35. The van der Waals surface area contributed by atoms with Gasteiger partial charge in [-0.3, -0.25) is 4.79 Å². The minimum atomic E-state index is -4.47. The Balaban J connectivity index is 1.92. The van der Waals surface area contributed by atoms with Crippen molar-refractivity contribution in [3.8, 4) is 0 Å². The van der Waals surface area contributed by atoms with Gasteiger partial charge in [-0.25, -0.2) is 9.97 Å². The van der Waals surface area contributed by atoms with Crippen LogP contribution in [0.3, 0.4) is 0 Å². The summed E-state index contributed by atoms with van der Waals surface area (Å²) in [5.41, 5.74) is -0.669. The second kappa shape index (κ2) is 5.76. The van der Waals surface area contributed by atoms with E-state index in [0.29, 0.717) is 0 Å². The van der Waals surface area contributed by atoms with Crippen LogP contribution < -0.4 is 5.32 Å². The molecule has 0 aromatic carbocycles. The zero-order valence-corrected chi connectivity index (χ0v) is 11.1. The topological polar surface area (TPSA) is 54.9 Å². The molecular formula is C13H16F3N3O. The summed E-state index contributed by atoms with van der Waals surface area (Å²) in [5, 5.41) is 2.71. The quantitative estimate of drug-likeness (QED) is 0.924. The normalized spacial score (nSPS) is 15.8. The van der Waals surface area contributed by atoms with Crippen molar-refractivity contribution in [2.75, 3.05) is 6.54 Å². The number of nitrogens with zero attached hydrogens (tertiary/aromatic N) is 2. The van der Waals surface area contributed by atoms with E-state index < -0.39 is 11.9 Å². The van der Waals surface area contributed by atoms with Gasteiger partial charge in [0.2, 0.25) is 5.91 Å². The minimum absolute atomic E-state index is 0.0278. The lowest BCUT2D eigenvalue weighted by atomic mass is 9.85. The number of carbonyl (C=O) groups excluding carboxylic acids is 1. The van der Waals surface area contributed by atoms with Crippen molar-refractivity contribution < 1.29 is 18.0 Å². The molecule has 0 unspecified atom stereocenters. The maximum atomic E-state index is 12.6. The number of hydrogen-bond donors (Lipinski definition) is 1. The molecule has 2 rings (SSSR count). The molecule has 0 atom stereocenters. The Morgan fingerprint density at radius 2 is 2.10 bits per heavy atom. The summed E-state index contributed by atoms with van der Waals surface area (Å²) in [6, 6.07) is 0.913. The van der Waals surface area contributed by atoms with Gasteiger partial charge in [-0.1, -0.05) is 6.42 Å².